The molecule has 1 aliphatic rings. The van der Waals surface area contributed by atoms with Gasteiger partial charge in [-0.3, -0.25) is 0 Å². The predicted octanol–water partition coefficient (Wildman–Crippen LogP) is 3.02. The van der Waals surface area contributed by atoms with Gasteiger partial charge in [0.25, 0.3) is 0 Å². The first-order valence-corrected chi connectivity index (χ1v) is 9.88. The minimum absolute atomic E-state index is 0.00393. The van der Waals surface area contributed by atoms with E-state index in [4.69, 9.17) is 15.2 Å². The van der Waals surface area contributed by atoms with E-state index in [1.54, 1.807) is 24.3 Å². The average molecular weight is 415 g/mol. The number of ether oxygens (including phenoxy) is 2. The molecular formula is C20H29N7O3. The van der Waals surface area contributed by atoms with E-state index in [9.17, 15) is 4.79 Å². The molecule has 0 unspecified atom stereocenters. The Labute approximate surface area is 176 Å². The summed E-state index contributed by atoms with van der Waals surface area (Å²) in [7, 11) is 1.55. The molecule has 1 aliphatic heterocycles. The van der Waals surface area contributed by atoms with Gasteiger partial charge in [-0.25, -0.2) is 14.8 Å². The molecule has 0 bridgehead atoms. The number of hydrogen-bond acceptors (Lipinski definition) is 9. The van der Waals surface area contributed by atoms with Crippen LogP contribution in [0.4, 0.5) is 27.9 Å². The van der Waals surface area contributed by atoms with Gasteiger partial charge in [-0.05, 0) is 45.7 Å². The minimum atomic E-state index is -0.525. The number of amides is 1. The largest absolute Gasteiger partial charge is 0.480 e. The number of anilines is 4. The molecule has 4 N–H and O–H groups in total. The number of pyridine rings is 1. The number of carbonyl (C=O) groups is 1. The quantitative estimate of drug-likeness (QED) is 0.675. The van der Waals surface area contributed by atoms with Crippen molar-refractivity contribution in [3.63, 3.8) is 0 Å². The van der Waals surface area contributed by atoms with E-state index < -0.39 is 5.60 Å². The lowest BCUT2D eigenvalue weighted by molar-refractivity contribution is 0.0206. The molecule has 1 atom stereocenters. The van der Waals surface area contributed by atoms with Crippen LogP contribution in [0.2, 0.25) is 0 Å². The van der Waals surface area contributed by atoms with E-state index >= 15 is 0 Å². The van der Waals surface area contributed by atoms with Gasteiger partial charge in [-0.15, -0.1) is 0 Å². The van der Waals surface area contributed by atoms with Crippen molar-refractivity contribution in [3.05, 3.63) is 24.5 Å². The molecular weight excluding hydrogens is 386 g/mol. The first kappa shape index (κ1) is 21.4. The topological polar surface area (TPSA) is 128 Å². The molecule has 2 aromatic heterocycles. The van der Waals surface area contributed by atoms with Crippen LogP contribution in [0.25, 0.3) is 0 Å². The molecule has 10 heteroatoms. The van der Waals surface area contributed by atoms with E-state index in [1.807, 2.05) is 26.8 Å². The van der Waals surface area contributed by atoms with Gasteiger partial charge in [0.15, 0.2) is 5.82 Å². The van der Waals surface area contributed by atoms with Crippen molar-refractivity contribution >= 4 is 29.2 Å². The summed E-state index contributed by atoms with van der Waals surface area (Å²) in [6, 6.07) is 3.61. The number of piperidine rings is 1. The Morgan fingerprint density at radius 3 is 2.87 bits per heavy atom. The second-order valence-corrected chi connectivity index (χ2v) is 8.09. The second-order valence-electron chi connectivity index (χ2n) is 8.09. The fraction of sp³-hybridized carbons (Fsp3) is 0.500. The summed E-state index contributed by atoms with van der Waals surface area (Å²) in [5.74, 6) is 1.30. The number of rotatable bonds is 5. The van der Waals surface area contributed by atoms with Crippen molar-refractivity contribution in [1.82, 2.24) is 19.9 Å². The maximum absolute atomic E-state index is 12.4. The Balaban J connectivity index is 1.69. The van der Waals surface area contributed by atoms with E-state index in [0.717, 1.165) is 12.8 Å². The molecule has 0 radical (unpaired) electrons. The minimum Gasteiger partial charge on any atom is -0.480 e. The first-order valence-electron chi connectivity index (χ1n) is 9.88. The van der Waals surface area contributed by atoms with Crippen LogP contribution in [0.3, 0.4) is 0 Å². The maximum Gasteiger partial charge on any atom is 0.410 e. The third-order valence-electron chi connectivity index (χ3n) is 4.44. The number of likely N-dealkylation sites (tertiary alicyclic amines) is 1. The molecule has 162 valence electrons. The monoisotopic (exact) mass is 415 g/mol. The number of nitrogens with zero attached hydrogens (tertiary/aromatic N) is 4. The van der Waals surface area contributed by atoms with Gasteiger partial charge >= 0.3 is 6.09 Å². The van der Waals surface area contributed by atoms with Crippen molar-refractivity contribution in [1.29, 1.82) is 0 Å². The van der Waals surface area contributed by atoms with Crippen LogP contribution in [0.15, 0.2) is 24.5 Å². The van der Waals surface area contributed by atoms with E-state index in [1.165, 1.54) is 6.20 Å². The first-order chi connectivity index (χ1) is 14.2. The zero-order chi connectivity index (χ0) is 21.7. The molecule has 1 amide bonds. The molecule has 3 heterocycles. The Bertz CT molecular complexity index is 885. The zero-order valence-corrected chi connectivity index (χ0v) is 17.8. The number of nitrogens with two attached hydrogens (primary N) is 1. The lowest BCUT2D eigenvalue weighted by Gasteiger charge is -2.34. The van der Waals surface area contributed by atoms with Gasteiger partial charge in [0.1, 0.15) is 11.3 Å². The summed E-state index contributed by atoms with van der Waals surface area (Å²) < 4.78 is 10.7. The maximum atomic E-state index is 12.4. The molecule has 10 nitrogen and oxygen atoms in total. The van der Waals surface area contributed by atoms with Crippen LogP contribution in [0.5, 0.6) is 5.88 Å². The van der Waals surface area contributed by atoms with Crippen LogP contribution in [0, 0.1) is 0 Å². The molecule has 2 aromatic rings. The van der Waals surface area contributed by atoms with Crippen molar-refractivity contribution < 1.29 is 14.3 Å². The van der Waals surface area contributed by atoms with Crippen LogP contribution >= 0.6 is 0 Å². The van der Waals surface area contributed by atoms with Crippen LogP contribution in [-0.2, 0) is 4.74 Å². The number of methoxy groups -OCH3 is 1. The lowest BCUT2D eigenvalue weighted by Crippen LogP contribution is -2.47. The highest BCUT2D eigenvalue weighted by atomic mass is 16.6. The smallest absolute Gasteiger partial charge is 0.410 e. The van der Waals surface area contributed by atoms with Gasteiger partial charge in [-0.2, -0.15) is 4.98 Å². The van der Waals surface area contributed by atoms with Crippen molar-refractivity contribution in [3.8, 4) is 5.88 Å². The summed E-state index contributed by atoms with van der Waals surface area (Å²) >= 11 is 0. The molecule has 1 fully saturated rings. The fourth-order valence-electron chi connectivity index (χ4n) is 3.12. The summed E-state index contributed by atoms with van der Waals surface area (Å²) in [4.78, 5) is 27.0. The molecule has 0 aromatic carbocycles. The number of carbonyl (C=O) groups excluding carboxylic acids is 1. The molecule has 0 saturated carbocycles. The highest BCUT2D eigenvalue weighted by molar-refractivity contribution is 5.69. The van der Waals surface area contributed by atoms with Crippen molar-refractivity contribution in [2.24, 2.45) is 0 Å². The molecule has 3 rings (SSSR count). The number of nitrogen functional groups attached to an aromatic ring is 1. The van der Waals surface area contributed by atoms with Gasteiger partial charge in [0.2, 0.25) is 11.8 Å². The van der Waals surface area contributed by atoms with Gasteiger partial charge in [-0.1, -0.05) is 0 Å². The summed E-state index contributed by atoms with van der Waals surface area (Å²) in [6.45, 7) is 6.76. The second kappa shape index (κ2) is 9.02. The number of nitrogens with one attached hydrogen (secondary N) is 2. The Kier molecular flexibility index (Phi) is 6.43. The lowest BCUT2D eigenvalue weighted by atomic mass is 10.1. The van der Waals surface area contributed by atoms with Crippen LogP contribution in [0.1, 0.15) is 33.6 Å². The normalized spacial score (nSPS) is 16.7. The highest BCUT2D eigenvalue weighted by Gasteiger charge is 2.28. The Hall–Kier alpha value is -3.30. The average Bonchev–Trinajstić information content (AvgIpc) is 2.70. The molecule has 1 saturated heterocycles. The van der Waals surface area contributed by atoms with Gasteiger partial charge in [0, 0.05) is 25.3 Å². The fourth-order valence-corrected chi connectivity index (χ4v) is 3.12. The SMILES string of the molecule is COc1ncccc1Nc1ncc(N)c(N[C@@H]2CCCN(C(=O)OC(C)(C)C)C2)n1. The van der Waals surface area contributed by atoms with Crippen LogP contribution < -0.4 is 21.1 Å². The van der Waals surface area contributed by atoms with E-state index in [-0.39, 0.29) is 12.1 Å². The zero-order valence-electron chi connectivity index (χ0n) is 17.8. The standard InChI is InChI=1S/C20H29N7O3/c1-20(2,3)30-19(28)27-10-6-7-13(12-27)24-16-14(21)11-23-18(26-16)25-15-8-5-9-22-17(15)29-4/h5,8-9,11,13H,6-7,10,12,21H2,1-4H3,(H2,23,24,25,26)/t13-/m1/s1. The highest BCUT2D eigenvalue weighted by Crippen LogP contribution is 2.26. The summed E-state index contributed by atoms with van der Waals surface area (Å²) in [5.41, 5.74) is 6.62. The third kappa shape index (κ3) is 5.62. The van der Waals surface area contributed by atoms with Crippen molar-refractivity contribution in [2.45, 2.75) is 45.3 Å². The van der Waals surface area contributed by atoms with E-state index in [2.05, 4.69) is 25.6 Å². The van der Waals surface area contributed by atoms with Gasteiger partial charge < -0.3 is 30.7 Å². The molecule has 0 spiro atoms. The third-order valence-corrected chi connectivity index (χ3v) is 4.44. The van der Waals surface area contributed by atoms with E-state index in [0.29, 0.717) is 42.1 Å². The molecule has 30 heavy (non-hydrogen) atoms. The van der Waals surface area contributed by atoms with Crippen molar-refractivity contribution in [2.75, 3.05) is 36.6 Å². The van der Waals surface area contributed by atoms with Gasteiger partial charge in [0.05, 0.1) is 19.0 Å². The summed E-state index contributed by atoms with van der Waals surface area (Å²) in [5, 5.41) is 6.43. The van der Waals surface area contributed by atoms with Crippen LogP contribution in [-0.4, -0.2) is 57.8 Å². The summed E-state index contributed by atoms with van der Waals surface area (Å²) in [6.07, 6.45) is 4.62. The Morgan fingerprint density at radius 2 is 2.13 bits per heavy atom. The molecule has 0 aliphatic carbocycles. The number of aromatic nitrogens is 3. The number of hydrogen-bond donors (Lipinski definition) is 3. The Morgan fingerprint density at radius 1 is 1.33 bits per heavy atom. The predicted molar refractivity (Wildman–Crippen MR) is 115 cm³/mol.